The molecule has 0 saturated carbocycles. The third kappa shape index (κ3) is 5.07. The first-order valence-electron chi connectivity index (χ1n) is 8.68. The van der Waals surface area contributed by atoms with Gasteiger partial charge >= 0.3 is 6.03 Å². The molecule has 2 heterocycles. The number of benzene rings is 1. The van der Waals surface area contributed by atoms with E-state index in [2.05, 4.69) is 21.3 Å². The molecule has 27 heavy (non-hydrogen) atoms. The van der Waals surface area contributed by atoms with Gasteiger partial charge in [0, 0.05) is 32.4 Å². The van der Waals surface area contributed by atoms with Crippen molar-refractivity contribution in [2.24, 2.45) is 0 Å². The molecule has 1 saturated heterocycles. The summed E-state index contributed by atoms with van der Waals surface area (Å²) in [5.74, 6) is 0.998. The average Bonchev–Trinajstić information content (AvgIpc) is 2.72. The monoisotopic (exact) mass is 369 g/mol. The third-order valence-corrected chi connectivity index (χ3v) is 4.23. The van der Waals surface area contributed by atoms with Crippen molar-refractivity contribution in [1.29, 1.82) is 5.26 Å². The van der Waals surface area contributed by atoms with E-state index < -0.39 is 0 Å². The van der Waals surface area contributed by atoms with Crippen LogP contribution in [0, 0.1) is 17.1 Å². The number of piperazine rings is 1. The van der Waals surface area contributed by atoms with E-state index in [9.17, 15) is 9.18 Å². The van der Waals surface area contributed by atoms with E-state index in [1.165, 1.54) is 12.1 Å². The number of nitrogens with zero attached hydrogens (tertiary/aromatic N) is 4. The van der Waals surface area contributed by atoms with Gasteiger partial charge in [0.2, 0.25) is 0 Å². The summed E-state index contributed by atoms with van der Waals surface area (Å²) in [6.07, 6.45) is 1.62. The number of anilines is 1. The fourth-order valence-electron chi connectivity index (χ4n) is 2.77. The lowest BCUT2D eigenvalue weighted by Gasteiger charge is -2.35. The van der Waals surface area contributed by atoms with Crippen molar-refractivity contribution in [2.45, 2.75) is 0 Å². The zero-order valence-corrected chi connectivity index (χ0v) is 14.8. The molecule has 2 amide bonds. The molecule has 140 valence electrons. The van der Waals surface area contributed by atoms with Crippen LogP contribution in [0.15, 0.2) is 42.6 Å². The second-order valence-corrected chi connectivity index (χ2v) is 6.02. The maximum absolute atomic E-state index is 12.8. The first kappa shape index (κ1) is 18.5. The largest absolute Gasteiger partial charge is 0.492 e. The Labute approximate surface area is 157 Å². The highest BCUT2D eigenvalue weighted by molar-refractivity contribution is 5.74. The van der Waals surface area contributed by atoms with Crippen LogP contribution >= 0.6 is 0 Å². The summed E-state index contributed by atoms with van der Waals surface area (Å²) in [5.41, 5.74) is 0.571. The van der Waals surface area contributed by atoms with Crippen molar-refractivity contribution in [3.8, 4) is 11.8 Å². The van der Waals surface area contributed by atoms with Gasteiger partial charge in [-0.15, -0.1) is 0 Å². The zero-order valence-electron chi connectivity index (χ0n) is 14.8. The molecule has 3 rings (SSSR count). The Morgan fingerprint density at radius 3 is 2.67 bits per heavy atom. The number of aromatic nitrogens is 1. The number of halogens is 1. The predicted octanol–water partition coefficient (Wildman–Crippen LogP) is 2.00. The molecule has 1 aromatic heterocycles. The van der Waals surface area contributed by atoms with Crippen LogP contribution in [0.4, 0.5) is 15.0 Å². The third-order valence-electron chi connectivity index (χ3n) is 4.23. The van der Waals surface area contributed by atoms with Gasteiger partial charge in [-0.1, -0.05) is 0 Å². The maximum atomic E-state index is 12.8. The number of hydrogen-bond donors (Lipinski definition) is 1. The molecule has 7 nitrogen and oxygen atoms in total. The second-order valence-electron chi connectivity index (χ2n) is 6.02. The minimum Gasteiger partial charge on any atom is -0.492 e. The molecule has 1 aliphatic heterocycles. The fourth-order valence-corrected chi connectivity index (χ4v) is 2.77. The molecule has 1 aliphatic rings. The van der Waals surface area contributed by atoms with Crippen molar-refractivity contribution in [2.75, 3.05) is 44.2 Å². The van der Waals surface area contributed by atoms with Gasteiger partial charge in [0.1, 0.15) is 24.0 Å². The highest BCUT2D eigenvalue weighted by Gasteiger charge is 2.21. The topological polar surface area (TPSA) is 81.5 Å². The molecule has 0 bridgehead atoms. The molecule has 1 N–H and O–H groups in total. The van der Waals surface area contributed by atoms with E-state index >= 15 is 0 Å². The number of nitriles is 1. The van der Waals surface area contributed by atoms with E-state index in [1.54, 1.807) is 35.4 Å². The van der Waals surface area contributed by atoms with Gasteiger partial charge in [0.25, 0.3) is 0 Å². The lowest BCUT2D eigenvalue weighted by atomic mass is 10.2. The average molecular weight is 369 g/mol. The normalized spacial score (nSPS) is 13.8. The van der Waals surface area contributed by atoms with Gasteiger partial charge in [-0.3, -0.25) is 0 Å². The van der Waals surface area contributed by atoms with E-state index in [0.29, 0.717) is 50.6 Å². The molecule has 0 spiro atoms. The smallest absolute Gasteiger partial charge is 0.317 e. The summed E-state index contributed by atoms with van der Waals surface area (Å²) < 4.78 is 18.3. The number of carbonyl (C=O) groups is 1. The predicted molar refractivity (Wildman–Crippen MR) is 98.0 cm³/mol. The fraction of sp³-hybridized carbons (Fsp3) is 0.316. The molecule has 0 aliphatic carbocycles. The summed E-state index contributed by atoms with van der Waals surface area (Å²) in [6, 6.07) is 11.1. The summed E-state index contributed by atoms with van der Waals surface area (Å²) in [7, 11) is 0. The van der Waals surface area contributed by atoms with Gasteiger partial charge < -0.3 is 19.9 Å². The Morgan fingerprint density at radius 2 is 1.96 bits per heavy atom. The van der Waals surface area contributed by atoms with Crippen LogP contribution in [0.25, 0.3) is 0 Å². The molecule has 0 atom stereocenters. The quantitative estimate of drug-likeness (QED) is 0.816. The number of hydrogen-bond acceptors (Lipinski definition) is 5. The molecular formula is C19H20FN5O2. The van der Waals surface area contributed by atoms with Crippen LogP contribution in [0.3, 0.4) is 0 Å². The van der Waals surface area contributed by atoms with E-state index in [1.807, 2.05) is 0 Å². The number of ether oxygens (including phenoxy) is 1. The second kappa shape index (κ2) is 8.85. The van der Waals surface area contributed by atoms with Crippen LogP contribution in [0.5, 0.6) is 5.75 Å². The van der Waals surface area contributed by atoms with Crippen molar-refractivity contribution < 1.29 is 13.9 Å². The van der Waals surface area contributed by atoms with Crippen LogP contribution in [0.2, 0.25) is 0 Å². The van der Waals surface area contributed by atoms with E-state index in [4.69, 9.17) is 10.00 Å². The Kier molecular flexibility index (Phi) is 6.05. The highest BCUT2D eigenvalue weighted by Crippen LogP contribution is 2.15. The molecule has 0 unspecified atom stereocenters. The molecular weight excluding hydrogens is 349 g/mol. The number of pyridine rings is 1. The minimum atomic E-state index is -0.315. The number of amides is 2. The Balaban J connectivity index is 1.39. The first-order valence-corrected chi connectivity index (χ1v) is 8.68. The van der Waals surface area contributed by atoms with Gasteiger partial charge in [-0.25, -0.2) is 14.2 Å². The SMILES string of the molecule is N#Cc1ccnc(N2CCN(C(=O)NCCOc3ccc(F)cc3)CC2)c1. The summed E-state index contributed by atoms with van der Waals surface area (Å²) in [4.78, 5) is 20.3. The molecule has 1 fully saturated rings. The van der Waals surface area contributed by atoms with Gasteiger partial charge in [0.05, 0.1) is 18.2 Å². The number of rotatable bonds is 5. The summed E-state index contributed by atoms with van der Waals surface area (Å²) in [5, 5.41) is 11.8. The maximum Gasteiger partial charge on any atom is 0.317 e. The van der Waals surface area contributed by atoms with Crippen molar-refractivity contribution in [3.63, 3.8) is 0 Å². The standard InChI is InChI=1S/C19H20FN5O2/c20-16-1-3-17(4-2-16)27-12-7-23-19(26)25-10-8-24(9-11-25)18-13-15(14-21)5-6-22-18/h1-6,13H,7-12H2,(H,23,26). The summed E-state index contributed by atoms with van der Waals surface area (Å²) >= 11 is 0. The number of nitrogens with one attached hydrogen (secondary N) is 1. The van der Waals surface area contributed by atoms with Gasteiger partial charge in [-0.05, 0) is 36.4 Å². The van der Waals surface area contributed by atoms with Gasteiger partial charge in [-0.2, -0.15) is 5.26 Å². The Morgan fingerprint density at radius 1 is 1.22 bits per heavy atom. The molecule has 2 aromatic rings. The first-order chi connectivity index (χ1) is 13.2. The van der Waals surface area contributed by atoms with E-state index in [-0.39, 0.29) is 11.8 Å². The summed E-state index contributed by atoms with van der Waals surface area (Å²) in [6.45, 7) is 3.12. The zero-order chi connectivity index (χ0) is 19.1. The van der Waals surface area contributed by atoms with Crippen molar-refractivity contribution in [3.05, 3.63) is 54.0 Å². The molecule has 8 heteroatoms. The number of urea groups is 1. The Bertz CT molecular complexity index is 814. The molecule has 1 aromatic carbocycles. The van der Waals surface area contributed by atoms with Gasteiger partial charge in [0.15, 0.2) is 0 Å². The van der Waals surface area contributed by atoms with Crippen molar-refractivity contribution in [1.82, 2.24) is 15.2 Å². The lowest BCUT2D eigenvalue weighted by molar-refractivity contribution is 0.191. The number of carbonyl (C=O) groups excluding carboxylic acids is 1. The van der Waals surface area contributed by atoms with Crippen molar-refractivity contribution >= 4 is 11.8 Å². The Hall–Kier alpha value is -3.34. The van der Waals surface area contributed by atoms with Crippen LogP contribution < -0.4 is 15.0 Å². The minimum absolute atomic E-state index is 0.143. The lowest BCUT2D eigenvalue weighted by Crippen LogP contribution is -2.52. The van der Waals surface area contributed by atoms with E-state index in [0.717, 1.165) is 5.82 Å². The molecule has 0 radical (unpaired) electrons. The van der Waals surface area contributed by atoms with Crippen LogP contribution in [-0.2, 0) is 0 Å². The van der Waals surface area contributed by atoms with Crippen LogP contribution in [-0.4, -0.2) is 55.2 Å². The highest BCUT2D eigenvalue weighted by atomic mass is 19.1. The van der Waals surface area contributed by atoms with Crippen LogP contribution in [0.1, 0.15) is 5.56 Å².